The third kappa shape index (κ3) is 2.91. The van der Waals surface area contributed by atoms with E-state index in [-0.39, 0.29) is 25.1 Å². The monoisotopic (exact) mass is 213 g/mol. The van der Waals surface area contributed by atoms with Crippen LogP contribution in [-0.4, -0.2) is 18.3 Å². The quantitative estimate of drug-likeness (QED) is 0.797. The van der Waals surface area contributed by atoms with E-state index in [1.54, 1.807) is 19.9 Å². The molecule has 1 aromatic carbocycles. The lowest BCUT2D eigenvalue weighted by Crippen LogP contribution is -2.11. The van der Waals surface area contributed by atoms with Gasteiger partial charge in [0.25, 0.3) is 0 Å². The Labute approximate surface area is 88.7 Å². The van der Waals surface area contributed by atoms with E-state index in [0.29, 0.717) is 16.9 Å². The summed E-state index contributed by atoms with van der Waals surface area (Å²) in [7, 11) is 0. The van der Waals surface area contributed by atoms with Crippen LogP contribution in [0.3, 0.4) is 0 Å². The van der Waals surface area contributed by atoms with Crippen LogP contribution >= 0.6 is 0 Å². The highest BCUT2D eigenvalue weighted by atomic mass is 19.1. The fourth-order valence-corrected chi connectivity index (χ4v) is 1.31. The summed E-state index contributed by atoms with van der Waals surface area (Å²) in [4.78, 5) is 0. The molecule has 4 heteroatoms. The summed E-state index contributed by atoms with van der Waals surface area (Å²) in [6.45, 7) is 3.53. The SMILES string of the molecule is Cc1cc(OCCO)c([C@H](C)N)cc1F. The van der Waals surface area contributed by atoms with Gasteiger partial charge in [-0.3, -0.25) is 0 Å². The number of ether oxygens (including phenoxy) is 1. The number of rotatable bonds is 4. The van der Waals surface area contributed by atoms with Crippen molar-refractivity contribution in [1.29, 1.82) is 0 Å². The molecule has 1 rings (SSSR count). The first kappa shape index (κ1) is 11.9. The molecule has 3 N–H and O–H groups in total. The van der Waals surface area contributed by atoms with Crippen molar-refractivity contribution in [2.75, 3.05) is 13.2 Å². The van der Waals surface area contributed by atoms with E-state index in [4.69, 9.17) is 15.6 Å². The lowest BCUT2D eigenvalue weighted by molar-refractivity contribution is 0.199. The first-order chi connectivity index (χ1) is 7.06. The minimum atomic E-state index is -0.297. The van der Waals surface area contributed by atoms with Crippen LogP contribution in [0, 0.1) is 12.7 Å². The summed E-state index contributed by atoms with van der Waals surface area (Å²) in [5, 5.41) is 8.65. The van der Waals surface area contributed by atoms with Crippen LogP contribution in [0.2, 0.25) is 0 Å². The van der Waals surface area contributed by atoms with Gasteiger partial charge in [-0.15, -0.1) is 0 Å². The third-order valence-corrected chi connectivity index (χ3v) is 2.13. The minimum absolute atomic E-state index is 0.0746. The van der Waals surface area contributed by atoms with Crippen molar-refractivity contribution in [2.24, 2.45) is 5.73 Å². The maximum Gasteiger partial charge on any atom is 0.126 e. The second kappa shape index (κ2) is 5.09. The number of hydrogen-bond donors (Lipinski definition) is 2. The molecule has 0 aliphatic rings. The number of aliphatic hydroxyl groups is 1. The van der Waals surface area contributed by atoms with Gasteiger partial charge in [-0.2, -0.15) is 0 Å². The van der Waals surface area contributed by atoms with Crippen molar-refractivity contribution >= 4 is 0 Å². The number of nitrogens with two attached hydrogens (primary N) is 1. The van der Waals surface area contributed by atoms with Gasteiger partial charge in [-0.05, 0) is 31.5 Å². The van der Waals surface area contributed by atoms with Gasteiger partial charge in [0.15, 0.2) is 0 Å². The number of hydrogen-bond acceptors (Lipinski definition) is 3. The lowest BCUT2D eigenvalue weighted by atomic mass is 10.1. The van der Waals surface area contributed by atoms with Gasteiger partial charge in [0.05, 0.1) is 6.61 Å². The molecule has 1 aromatic rings. The Morgan fingerprint density at radius 1 is 1.53 bits per heavy atom. The molecule has 0 heterocycles. The average Bonchev–Trinajstić information content (AvgIpc) is 2.19. The molecule has 0 fully saturated rings. The maximum absolute atomic E-state index is 13.3. The Kier molecular flexibility index (Phi) is 4.05. The highest BCUT2D eigenvalue weighted by Crippen LogP contribution is 2.27. The Balaban J connectivity index is 3.04. The van der Waals surface area contributed by atoms with Crippen molar-refractivity contribution in [3.63, 3.8) is 0 Å². The molecule has 0 aliphatic heterocycles. The van der Waals surface area contributed by atoms with Crippen LogP contribution in [-0.2, 0) is 0 Å². The molecule has 0 unspecified atom stereocenters. The van der Waals surface area contributed by atoms with Crippen molar-refractivity contribution in [1.82, 2.24) is 0 Å². The standard InChI is InChI=1S/C11H16FNO2/c1-7-5-11(15-4-3-14)9(8(2)13)6-10(7)12/h5-6,8,14H,3-4,13H2,1-2H3/t8-/m0/s1. The summed E-state index contributed by atoms with van der Waals surface area (Å²) in [5.41, 5.74) is 6.82. The van der Waals surface area contributed by atoms with Gasteiger partial charge in [-0.25, -0.2) is 4.39 Å². The zero-order valence-electron chi connectivity index (χ0n) is 8.96. The molecule has 15 heavy (non-hydrogen) atoms. The van der Waals surface area contributed by atoms with Crippen molar-refractivity contribution < 1.29 is 14.2 Å². The van der Waals surface area contributed by atoms with E-state index in [1.807, 2.05) is 0 Å². The molecule has 0 amide bonds. The lowest BCUT2D eigenvalue weighted by Gasteiger charge is -2.14. The molecule has 0 aliphatic carbocycles. The smallest absolute Gasteiger partial charge is 0.126 e. The first-order valence-electron chi connectivity index (χ1n) is 4.85. The van der Waals surface area contributed by atoms with Crippen LogP contribution < -0.4 is 10.5 Å². The zero-order valence-corrected chi connectivity index (χ0v) is 8.96. The Morgan fingerprint density at radius 3 is 2.73 bits per heavy atom. The van der Waals surface area contributed by atoms with Gasteiger partial charge in [0.2, 0.25) is 0 Å². The van der Waals surface area contributed by atoms with E-state index < -0.39 is 0 Å². The van der Waals surface area contributed by atoms with E-state index >= 15 is 0 Å². The fourth-order valence-electron chi connectivity index (χ4n) is 1.31. The maximum atomic E-state index is 13.3. The van der Waals surface area contributed by atoms with Gasteiger partial charge < -0.3 is 15.6 Å². The van der Waals surface area contributed by atoms with Crippen molar-refractivity contribution in [2.45, 2.75) is 19.9 Å². The number of halogens is 1. The Morgan fingerprint density at radius 2 is 2.20 bits per heavy atom. The van der Waals surface area contributed by atoms with Crippen LogP contribution in [0.15, 0.2) is 12.1 Å². The molecule has 0 spiro atoms. The molecule has 0 saturated heterocycles. The number of aliphatic hydroxyl groups excluding tert-OH is 1. The molecule has 0 saturated carbocycles. The van der Waals surface area contributed by atoms with Gasteiger partial charge in [-0.1, -0.05) is 0 Å². The Bertz CT molecular complexity index is 340. The summed E-state index contributed by atoms with van der Waals surface area (Å²) < 4.78 is 18.6. The van der Waals surface area contributed by atoms with E-state index in [9.17, 15) is 4.39 Å². The highest BCUT2D eigenvalue weighted by Gasteiger charge is 2.11. The molecule has 0 bridgehead atoms. The highest BCUT2D eigenvalue weighted by molar-refractivity contribution is 5.39. The van der Waals surface area contributed by atoms with Gasteiger partial charge >= 0.3 is 0 Å². The number of benzene rings is 1. The predicted molar refractivity (Wildman–Crippen MR) is 56.3 cm³/mol. The van der Waals surface area contributed by atoms with E-state index in [2.05, 4.69) is 0 Å². The van der Waals surface area contributed by atoms with Crippen LogP contribution in [0.1, 0.15) is 24.1 Å². The van der Waals surface area contributed by atoms with Crippen molar-refractivity contribution in [3.8, 4) is 5.75 Å². The largest absolute Gasteiger partial charge is 0.491 e. The molecule has 0 radical (unpaired) electrons. The Hall–Kier alpha value is -1.13. The van der Waals surface area contributed by atoms with Crippen LogP contribution in [0.5, 0.6) is 5.75 Å². The topological polar surface area (TPSA) is 55.5 Å². The third-order valence-electron chi connectivity index (χ3n) is 2.13. The summed E-state index contributed by atoms with van der Waals surface area (Å²) in [5.74, 6) is 0.247. The van der Waals surface area contributed by atoms with Gasteiger partial charge in [0.1, 0.15) is 18.2 Å². The summed E-state index contributed by atoms with van der Waals surface area (Å²) >= 11 is 0. The normalized spacial score (nSPS) is 12.6. The van der Waals surface area contributed by atoms with Crippen molar-refractivity contribution in [3.05, 3.63) is 29.1 Å². The molecule has 0 aromatic heterocycles. The first-order valence-corrected chi connectivity index (χ1v) is 4.85. The average molecular weight is 213 g/mol. The van der Waals surface area contributed by atoms with E-state index in [1.165, 1.54) is 6.07 Å². The molecular weight excluding hydrogens is 197 g/mol. The summed E-state index contributed by atoms with van der Waals surface area (Å²) in [6.07, 6.45) is 0. The second-order valence-electron chi connectivity index (χ2n) is 3.50. The molecule has 3 nitrogen and oxygen atoms in total. The molecular formula is C11H16FNO2. The molecule has 84 valence electrons. The minimum Gasteiger partial charge on any atom is -0.491 e. The zero-order chi connectivity index (χ0) is 11.4. The fraction of sp³-hybridized carbons (Fsp3) is 0.455. The molecule has 1 atom stereocenters. The van der Waals surface area contributed by atoms with Crippen LogP contribution in [0.4, 0.5) is 4.39 Å². The van der Waals surface area contributed by atoms with E-state index in [0.717, 1.165) is 0 Å². The van der Waals surface area contributed by atoms with Gasteiger partial charge in [0, 0.05) is 11.6 Å². The second-order valence-corrected chi connectivity index (χ2v) is 3.50. The predicted octanol–water partition coefficient (Wildman–Crippen LogP) is 1.52. The summed E-state index contributed by atoms with van der Waals surface area (Å²) in [6, 6.07) is 2.69. The van der Waals surface area contributed by atoms with Crippen LogP contribution in [0.25, 0.3) is 0 Å². The number of aryl methyl sites for hydroxylation is 1.